The van der Waals surface area contributed by atoms with Crippen molar-refractivity contribution in [1.82, 2.24) is 4.57 Å². The summed E-state index contributed by atoms with van der Waals surface area (Å²) in [5, 5.41) is 0.659. The minimum absolute atomic E-state index is 0.249. The second kappa shape index (κ2) is 13.1. The van der Waals surface area contributed by atoms with Crippen molar-refractivity contribution in [2.75, 3.05) is 13.7 Å². The molecule has 7 nitrogen and oxygen atoms in total. The predicted molar refractivity (Wildman–Crippen MR) is 168 cm³/mol. The third-order valence-corrected chi connectivity index (χ3v) is 8.52. The zero-order valence-corrected chi connectivity index (χ0v) is 26.4. The van der Waals surface area contributed by atoms with Gasteiger partial charge in [-0.3, -0.25) is 9.36 Å². The predicted octanol–water partition coefficient (Wildman–Crippen LogP) is 6.19. The highest BCUT2D eigenvalue weighted by Crippen LogP contribution is 2.38. The molecule has 0 bridgehead atoms. The molecule has 1 aliphatic heterocycles. The minimum atomic E-state index is -0.652. The van der Waals surface area contributed by atoms with E-state index >= 15 is 0 Å². The van der Waals surface area contributed by atoms with Crippen LogP contribution in [-0.4, -0.2) is 24.3 Å². The van der Waals surface area contributed by atoms with Gasteiger partial charge in [0.2, 0.25) is 0 Å². The van der Waals surface area contributed by atoms with Gasteiger partial charge in [-0.05, 0) is 76.3 Å². The molecule has 0 fully saturated rings. The van der Waals surface area contributed by atoms with Crippen molar-refractivity contribution in [2.45, 2.75) is 32.9 Å². The Morgan fingerprint density at radius 1 is 1.10 bits per heavy atom. The Labute approximate surface area is 260 Å². The fourth-order valence-corrected chi connectivity index (χ4v) is 6.50. The maximum Gasteiger partial charge on any atom is 0.338 e. The molecule has 10 heteroatoms. The van der Waals surface area contributed by atoms with Crippen LogP contribution in [0.1, 0.15) is 43.0 Å². The van der Waals surface area contributed by atoms with Crippen LogP contribution in [0.4, 0.5) is 0 Å². The Balaban J connectivity index is 1.59. The van der Waals surface area contributed by atoms with Crippen molar-refractivity contribution < 1.29 is 19.0 Å². The topological polar surface area (TPSA) is 79.1 Å². The zero-order valence-electron chi connectivity index (χ0n) is 23.2. The summed E-state index contributed by atoms with van der Waals surface area (Å²) in [5.41, 5.74) is 3.23. The average molecular weight is 668 g/mol. The Morgan fingerprint density at radius 2 is 1.83 bits per heavy atom. The van der Waals surface area contributed by atoms with Crippen molar-refractivity contribution in [3.63, 3.8) is 0 Å². The number of allylic oxidation sites excluding steroid dienone is 1. The van der Waals surface area contributed by atoms with Gasteiger partial charge in [-0.25, -0.2) is 9.79 Å². The van der Waals surface area contributed by atoms with Crippen molar-refractivity contribution in [2.24, 2.45) is 4.99 Å². The Morgan fingerprint density at radius 3 is 2.50 bits per heavy atom. The number of aromatic nitrogens is 1. The lowest BCUT2D eigenvalue weighted by molar-refractivity contribution is -0.136. The zero-order chi connectivity index (χ0) is 29.8. The number of benzene rings is 3. The van der Waals surface area contributed by atoms with E-state index in [1.165, 1.54) is 18.4 Å². The molecule has 5 rings (SSSR count). The Bertz CT molecular complexity index is 1830. The number of esters is 1. The molecule has 4 aromatic rings. The number of nitrogens with zero attached hydrogens (tertiary/aromatic N) is 2. The minimum Gasteiger partial charge on any atom is -0.490 e. The Kier molecular flexibility index (Phi) is 9.30. The number of methoxy groups -OCH3 is 1. The van der Waals surface area contributed by atoms with Crippen LogP contribution in [0.5, 0.6) is 11.5 Å². The summed E-state index contributed by atoms with van der Waals surface area (Å²) in [7, 11) is 1.34. The molecule has 2 heterocycles. The second-order valence-electron chi connectivity index (χ2n) is 9.38. The quantitative estimate of drug-likeness (QED) is 0.199. The van der Waals surface area contributed by atoms with Crippen molar-refractivity contribution in [3.05, 3.63) is 124 Å². The first-order chi connectivity index (χ1) is 20.3. The van der Waals surface area contributed by atoms with Crippen LogP contribution in [0.2, 0.25) is 5.02 Å². The van der Waals surface area contributed by atoms with E-state index in [2.05, 4.69) is 15.9 Å². The Hall–Kier alpha value is -3.66. The molecule has 0 radical (unpaired) electrons. The van der Waals surface area contributed by atoms with E-state index in [4.69, 9.17) is 30.8 Å². The first-order valence-electron chi connectivity index (χ1n) is 13.4. The van der Waals surface area contributed by atoms with E-state index in [0.29, 0.717) is 61.2 Å². The van der Waals surface area contributed by atoms with Crippen LogP contribution in [0.15, 0.2) is 92.3 Å². The molecular weight excluding hydrogens is 640 g/mol. The lowest BCUT2D eigenvalue weighted by atomic mass is 9.95. The molecule has 216 valence electrons. The summed E-state index contributed by atoms with van der Waals surface area (Å²) in [6.07, 6.45) is 2.32. The summed E-state index contributed by atoms with van der Waals surface area (Å²) in [6, 6.07) is 20.0. The smallest absolute Gasteiger partial charge is 0.338 e. The van der Waals surface area contributed by atoms with E-state index < -0.39 is 12.0 Å². The number of carbonyl (C=O) groups excluding carboxylic acids is 1. The monoisotopic (exact) mass is 666 g/mol. The maximum atomic E-state index is 13.9. The summed E-state index contributed by atoms with van der Waals surface area (Å²) >= 11 is 10.9. The lowest BCUT2D eigenvalue weighted by Gasteiger charge is -2.25. The summed E-state index contributed by atoms with van der Waals surface area (Å²) < 4.78 is 19.9. The molecule has 0 N–H and O–H groups in total. The molecule has 3 aromatic carbocycles. The van der Waals surface area contributed by atoms with Gasteiger partial charge in [0.1, 0.15) is 6.61 Å². The van der Waals surface area contributed by atoms with E-state index in [-0.39, 0.29) is 5.56 Å². The molecule has 0 saturated heterocycles. The van der Waals surface area contributed by atoms with Gasteiger partial charge in [-0.1, -0.05) is 72.3 Å². The highest BCUT2D eigenvalue weighted by Gasteiger charge is 2.33. The molecule has 0 amide bonds. The van der Waals surface area contributed by atoms with Crippen LogP contribution in [0.25, 0.3) is 6.08 Å². The largest absolute Gasteiger partial charge is 0.490 e. The SMILES string of the molecule is CCOc1cc(/C=c2/sc3n(c2=O)[C@H](c2ccccc2)C(C(=O)OC)=C(CC)N=3)cc(Br)c1OCc1ccc(Cl)cc1. The number of rotatable bonds is 9. The number of fused-ring (bicyclic) bond motifs is 1. The number of hydrogen-bond donors (Lipinski definition) is 0. The first kappa shape index (κ1) is 29.8. The lowest BCUT2D eigenvalue weighted by Crippen LogP contribution is -2.40. The van der Waals surface area contributed by atoms with Gasteiger partial charge in [-0.15, -0.1) is 0 Å². The molecule has 0 aliphatic carbocycles. The number of ether oxygens (including phenoxy) is 3. The van der Waals surface area contributed by atoms with Crippen LogP contribution in [0, 0.1) is 0 Å². The molecule has 0 spiro atoms. The average Bonchev–Trinajstić information content (AvgIpc) is 3.30. The third kappa shape index (κ3) is 6.09. The van der Waals surface area contributed by atoms with Crippen LogP contribution < -0.4 is 24.4 Å². The van der Waals surface area contributed by atoms with Crippen molar-refractivity contribution in [1.29, 1.82) is 0 Å². The van der Waals surface area contributed by atoms with Gasteiger partial charge < -0.3 is 14.2 Å². The van der Waals surface area contributed by atoms with Crippen LogP contribution in [-0.2, 0) is 16.1 Å². The van der Waals surface area contributed by atoms with E-state index in [1.807, 2.05) is 80.6 Å². The van der Waals surface area contributed by atoms with Gasteiger partial charge in [0.25, 0.3) is 5.56 Å². The van der Waals surface area contributed by atoms with Gasteiger partial charge in [0.05, 0.1) is 40.0 Å². The summed E-state index contributed by atoms with van der Waals surface area (Å²) in [4.78, 5) is 32.2. The molecule has 0 unspecified atom stereocenters. The number of halogens is 2. The summed E-state index contributed by atoms with van der Waals surface area (Å²) in [6.45, 7) is 4.59. The molecule has 0 saturated carbocycles. The van der Waals surface area contributed by atoms with Gasteiger partial charge >= 0.3 is 5.97 Å². The van der Waals surface area contributed by atoms with Gasteiger partial charge in [0, 0.05) is 5.02 Å². The molecule has 42 heavy (non-hydrogen) atoms. The summed E-state index contributed by atoms with van der Waals surface area (Å²) in [5.74, 6) is 0.603. The number of hydrogen-bond acceptors (Lipinski definition) is 7. The van der Waals surface area contributed by atoms with Crippen LogP contribution >= 0.6 is 38.9 Å². The fourth-order valence-electron chi connectivity index (χ4n) is 4.78. The fraction of sp³-hybridized carbons (Fsp3) is 0.219. The van der Waals surface area contributed by atoms with Crippen molar-refractivity contribution in [3.8, 4) is 11.5 Å². The third-order valence-electron chi connectivity index (χ3n) is 6.69. The highest BCUT2D eigenvalue weighted by molar-refractivity contribution is 9.10. The van der Waals surface area contributed by atoms with E-state index in [0.717, 1.165) is 16.7 Å². The van der Waals surface area contributed by atoms with Gasteiger partial charge in [0.15, 0.2) is 16.3 Å². The second-order valence-corrected chi connectivity index (χ2v) is 11.7. The maximum absolute atomic E-state index is 13.9. The number of carbonyl (C=O) groups is 1. The normalized spacial score (nSPS) is 14.8. The van der Waals surface area contributed by atoms with E-state index in [1.54, 1.807) is 10.6 Å². The highest BCUT2D eigenvalue weighted by atomic mass is 79.9. The molecule has 1 atom stereocenters. The molecule has 1 aliphatic rings. The molecule has 1 aromatic heterocycles. The van der Waals surface area contributed by atoms with Crippen LogP contribution in [0.3, 0.4) is 0 Å². The molecular formula is C32H28BrClN2O5S. The first-order valence-corrected chi connectivity index (χ1v) is 15.3. The number of thiazole rings is 1. The van der Waals surface area contributed by atoms with Gasteiger partial charge in [-0.2, -0.15) is 0 Å². The standard InChI is InChI=1S/C32H28BrClN2O5S/c1-4-24-27(31(38)39-3)28(21-9-7-6-8-10-21)36-30(37)26(42-32(36)35-24)17-20-15-23(33)29(25(16-20)40-5-2)41-18-19-11-13-22(34)14-12-19/h6-17,28H,4-5,18H2,1-3H3/b26-17+/t28-/m1/s1. The van der Waals surface area contributed by atoms with Crippen molar-refractivity contribution >= 4 is 50.9 Å². The van der Waals surface area contributed by atoms with E-state index in [9.17, 15) is 9.59 Å².